The summed E-state index contributed by atoms with van der Waals surface area (Å²) in [6.45, 7) is 0. The Morgan fingerprint density at radius 3 is 2.71 bits per heavy atom. The van der Waals surface area contributed by atoms with E-state index >= 15 is 0 Å². The number of halogens is 1. The molecule has 17 heavy (non-hydrogen) atoms. The molecule has 2 aromatic rings. The van der Waals surface area contributed by atoms with Crippen LogP contribution in [0.25, 0.3) is 0 Å². The predicted octanol–water partition coefficient (Wildman–Crippen LogP) is 3.55. The zero-order chi connectivity index (χ0) is 12.3. The van der Waals surface area contributed by atoms with E-state index in [1.165, 1.54) is 11.1 Å². The van der Waals surface area contributed by atoms with Crippen molar-refractivity contribution in [2.75, 3.05) is 18.1 Å². The maximum Gasteiger partial charge on any atom is 0.0408 e. The zero-order valence-corrected chi connectivity index (χ0v) is 10.5. The first-order chi connectivity index (χ1) is 8.19. The second kappa shape index (κ2) is 5.11. The Hall–Kier alpha value is -1.67. The standard InChI is InChI=1S/C14H15ClN2/c1-17-14-9-13(16)6-5-11(14)7-10-3-2-4-12(15)8-10/h2-6,8-9,17H,7,16H2,1H3. The summed E-state index contributed by atoms with van der Waals surface area (Å²) in [6.07, 6.45) is 0.844. The molecular formula is C14H15ClN2. The van der Waals surface area contributed by atoms with Gasteiger partial charge in [-0.15, -0.1) is 0 Å². The Bertz CT molecular complexity index is 523. The molecule has 2 aromatic carbocycles. The van der Waals surface area contributed by atoms with Crippen LogP contribution in [0.15, 0.2) is 42.5 Å². The maximum absolute atomic E-state index is 5.97. The number of rotatable bonds is 3. The van der Waals surface area contributed by atoms with E-state index in [4.69, 9.17) is 17.3 Å². The van der Waals surface area contributed by atoms with Gasteiger partial charge in [-0.25, -0.2) is 0 Å². The van der Waals surface area contributed by atoms with Gasteiger partial charge in [0.1, 0.15) is 0 Å². The molecule has 0 radical (unpaired) electrons. The largest absolute Gasteiger partial charge is 0.399 e. The summed E-state index contributed by atoms with van der Waals surface area (Å²) in [5.74, 6) is 0. The van der Waals surface area contributed by atoms with Gasteiger partial charge in [0.2, 0.25) is 0 Å². The molecule has 0 aliphatic rings. The van der Waals surface area contributed by atoms with Crippen LogP contribution in [0.4, 0.5) is 11.4 Å². The summed E-state index contributed by atoms with van der Waals surface area (Å²) in [6, 6.07) is 13.8. The predicted molar refractivity (Wildman–Crippen MR) is 74.7 cm³/mol. The van der Waals surface area contributed by atoms with Crippen LogP contribution >= 0.6 is 11.6 Å². The fourth-order valence-corrected chi connectivity index (χ4v) is 2.06. The van der Waals surface area contributed by atoms with Crippen molar-refractivity contribution in [2.24, 2.45) is 0 Å². The Kier molecular flexibility index (Phi) is 3.55. The van der Waals surface area contributed by atoms with Crippen molar-refractivity contribution in [3.8, 4) is 0 Å². The molecule has 0 fully saturated rings. The van der Waals surface area contributed by atoms with Crippen LogP contribution in [-0.2, 0) is 6.42 Å². The number of nitrogens with two attached hydrogens (primary N) is 1. The normalized spacial score (nSPS) is 10.2. The van der Waals surface area contributed by atoms with Gasteiger partial charge in [0.25, 0.3) is 0 Å². The summed E-state index contributed by atoms with van der Waals surface area (Å²) < 4.78 is 0. The van der Waals surface area contributed by atoms with Gasteiger partial charge >= 0.3 is 0 Å². The first-order valence-corrected chi connectivity index (χ1v) is 5.87. The van der Waals surface area contributed by atoms with Crippen LogP contribution in [0, 0.1) is 0 Å². The van der Waals surface area contributed by atoms with Crippen LogP contribution in [-0.4, -0.2) is 7.05 Å². The van der Waals surface area contributed by atoms with Gasteiger partial charge in [-0.05, 0) is 41.8 Å². The van der Waals surface area contributed by atoms with Crippen LogP contribution < -0.4 is 11.1 Å². The molecule has 0 aliphatic heterocycles. The third-order valence-electron chi connectivity index (χ3n) is 2.69. The Balaban J connectivity index is 2.29. The molecule has 0 aromatic heterocycles. The van der Waals surface area contributed by atoms with E-state index in [0.717, 1.165) is 22.8 Å². The first kappa shape index (κ1) is 11.8. The second-order valence-corrected chi connectivity index (χ2v) is 4.41. The van der Waals surface area contributed by atoms with E-state index in [2.05, 4.69) is 11.4 Å². The fraction of sp³-hybridized carbons (Fsp3) is 0.143. The van der Waals surface area contributed by atoms with Crippen molar-refractivity contribution in [1.82, 2.24) is 0 Å². The highest BCUT2D eigenvalue weighted by atomic mass is 35.5. The van der Waals surface area contributed by atoms with Crippen molar-refractivity contribution in [3.63, 3.8) is 0 Å². The Morgan fingerprint density at radius 2 is 2.00 bits per heavy atom. The minimum atomic E-state index is 0.768. The first-order valence-electron chi connectivity index (χ1n) is 5.49. The van der Waals surface area contributed by atoms with Gasteiger partial charge < -0.3 is 11.1 Å². The molecule has 0 aliphatic carbocycles. The van der Waals surface area contributed by atoms with Crippen LogP contribution in [0.2, 0.25) is 5.02 Å². The van der Waals surface area contributed by atoms with Gasteiger partial charge in [-0.2, -0.15) is 0 Å². The van der Waals surface area contributed by atoms with Gasteiger partial charge in [0.15, 0.2) is 0 Å². The van der Waals surface area contributed by atoms with Crippen molar-refractivity contribution in [1.29, 1.82) is 0 Å². The fourth-order valence-electron chi connectivity index (χ4n) is 1.85. The van der Waals surface area contributed by atoms with E-state index in [9.17, 15) is 0 Å². The third kappa shape index (κ3) is 2.92. The molecule has 2 rings (SSSR count). The number of hydrogen-bond acceptors (Lipinski definition) is 2. The topological polar surface area (TPSA) is 38.0 Å². The molecule has 0 saturated carbocycles. The number of benzene rings is 2. The van der Waals surface area contributed by atoms with Crippen molar-refractivity contribution in [3.05, 3.63) is 58.6 Å². The SMILES string of the molecule is CNc1cc(N)ccc1Cc1cccc(Cl)c1. The molecule has 0 bridgehead atoms. The molecule has 0 unspecified atom stereocenters. The van der Waals surface area contributed by atoms with Gasteiger partial charge in [0.05, 0.1) is 0 Å². The van der Waals surface area contributed by atoms with E-state index in [0.29, 0.717) is 0 Å². The minimum Gasteiger partial charge on any atom is -0.399 e. The number of nitrogens with one attached hydrogen (secondary N) is 1. The molecule has 88 valence electrons. The summed E-state index contributed by atoms with van der Waals surface area (Å²) in [5.41, 5.74) is 9.99. The molecule has 0 saturated heterocycles. The summed E-state index contributed by atoms with van der Waals surface area (Å²) in [5, 5.41) is 3.93. The van der Waals surface area contributed by atoms with Crippen molar-refractivity contribution < 1.29 is 0 Å². The Labute approximate surface area is 106 Å². The number of anilines is 2. The lowest BCUT2D eigenvalue weighted by atomic mass is 10.0. The number of nitrogen functional groups attached to an aromatic ring is 1. The van der Waals surface area contributed by atoms with Crippen LogP contribution in [0.3, 0.4) is 0 Å². The Morgan fingerprint density at radius 1 is 1.18 bits per heavy atom. The van der Waals surface area contributed by atoms with Crippen molar-refractivity contribution in [2.45, 2.75) is 6.42 Å². The van der Waals surface area contributed by atoms with E-state index < -0.39 is 0 Å². The average Bonchev–Trinajstić information content (AvgIpc) is 2.31. The van der Waals surface area contributed by atoms with E-state index in [-0.39, 0.29) is 0 Å². The highest BCUT2D eigenvalue weighted by Crippen LogP contribution is 2.22. The lowest BCUT2D eigenvalue weighted by molar-refractivity contribution is 1.19. The highest BCUT2D eigenvalue weighted by molar-refractivity contribution is 6.30. The monoisotopic (exact) mass is 246 g/mol. The lowest BCUT2D eigenvalue weighted by Gasteiger charge is -2.10. The summed E-state index contributed by atoms with van der Waals surface area (Å²) in [7, 11) is 1.90. The number of hydrogen-bond donors (Lipinski definition) is 2. The molecule has 3 N–H and O–H groups in total. The molecule has 3 heteroatoms. The van der Waals surface area contributed by atoms with Gasteiger partial charge in [-0.1, -0.05) is 29.8 Å². The molecule has 0 heterocycles. The average molecular weight is 247 g/mol. The summed E-state index contributed by atoms with van der Waals surface area (Å²) >= 11 is 5.97. The van der Waals surface area contributed by atoms with Gasteiger partial charge in [-0.3, -0.25) is 0 Å². The second-order valence-electron chi connectivity index (χ2n) is 3.97. The third-order valence-corrected chi connectivity index (χ3v) is 2.92. The molecule has 0 amide bonds. The minimum absolute atomic E-state index is 0.768. The maximum atomic E-state index is 5.97. The van der Waals surface area contributed by atoms with Crippen molar-refractivity contribution >= 4 is 23.0 Å². The molecule has 2 nitrogen and oxygen atoms in total. The highest BCUT2D eigenvalue weighted by Gasteiger charge is 2.03. The quantitative estimate of drug-likeness (QED) is 0.813. The van der Waals surface area contributed by atoms with E-state index in [1.807, 2.05) is 43.4 Å². The molecular weight excluding hydrogens is 232 g/mol. The smallest absolute Gasteiger partial charge is 0.0408 e. The molecule has 0 atom stereocenters. The van der Waals surface area contributed by atoms with Crippen LogP contribution in [0.1, 0.15) is 11.1 Å². The van der Waals surface area contributed by atoms with E-state index in [1.54, 1.807) is 0 Å². The molecule has 0 spiro atoms. The summed E-state index contributed by atoms with van der Waals surface area (Å²) in [4.78, 5) is 0. The zero-order valence-electron chi connectivity index (χ0n) is 9.70. The lowest BCUT2D eigenvalue weighted by Crippen LogP contribution is -1.98. The van der Waals surface area contributed by atoms with Crippen LogP contribution in [0.5, 0.6) is 0 Å². The van der Waals surface area contributed by atoms with Gasteiger partial charge in [0, 0.05) is 23.4 Å².